The number of hydrogen-bond acceptors (Lipinski definition) is 5. The lowest BCUT2D eigenvalue weighted by atomic mass is 10.1. The summed E-state index contributed by atoms with van der Waals surface area (Å²) in [5.41, 5.74) is 7.85. The summed E-state index contributed by atoms with van der Waals surface area (Å²) >= 11 is 3.47. The zero-order valence-corrected chi connectivity index (χ0v) is 11.8. The molecule has 1 atom stereocenters. The highest BCUT2D eigenvalue weighted by atomic mass is 79.9. The Bertz CT molecular complexity index is 542. The van der Waals surface area contributed by atoms with Gasteiger partial charge in [-0.25, -0.2) is 0 Å². The van der Waals surface area contributed by atoms with Crippen molar-refractivity contribution in [3.8, 4) is 11.4 Å². The van der Waals surface area contributed by atoms with E-state index in [0.717, 1.165) is 15.6 Å². The van der Waals surface area contributed by atoms with Gasteiger partial charge in [0.25, 0.3) is 0 Å². The van der Waals surface area contributed by atoms with Crippen LogP contribution in [0.4, 0.5) is 0 Å². The Kier molecular flexibility index (Phi) is 4.11. The molecule has 6 heteroatoms. The van der Waals surface area contributed by atoms with Crippen molar-refractivity contribution in [1.82, 2.24) is 10.1 Å². The Labute approximate surface area is 113 Å². The monoisotopic (exact) mass is 311 g/mol. The smallest absolute Gasteiger partial charge is 0.246 e. The van der Waals surface area contributed by atoms with Crippen LogP contribution in [-0.2, 0) is 4.74 Å². The second kappa shape index (κ2) is 5.60. The molecule has 0 aliphatic heterocycles. The Morgan fingerprint density at radius 3 is 2.94 bits per heavy atom. The Morgan fingerprint density at radius 2 is 2.28 bits per heavy atom. The number of aryl methyl sites for hydroxylation is 1. The van der Waals surface area contributed by atoms with Crippen molar-refractivity contribution in [3.63, 3.8) is 0 Å². The maximum atomic E-state index is 5.82. The van der Waals surface area contributed by atoms with Gasteiger partial charge in [-0.1, -0.05) is 33.2 Å². The molecule has 2 rings (SSSR count). The Balaban J connectivity index is 2.26. The van der Waals surface area contributed by atoms with E-state index in [0.29, 0.717) is 18.3 Å². The van der Waals surface area contributed by atoms with E-state index in [2.05, 4.69) is 26.1 Å². The molecule has 2 N–H and O–H groups in total. The fraction of sp³-hybridized carbons (Fsp3) is 0.333. The summed E-state index contributed by atoms with van der Waals surface area (Å²) in [4.78, 5) is 4.27. The van der Waals surface area contributed by atoms with Crippen LogP contribution in [0.5, 0.6) is 0 Å². The van der Waals surface area contributed by atoms with Gasteiger partial charge in [-0.2, -0.15) is 4.98 Å². The predicted octanol–water partition coefficient (Wildman–Crippen LogP) is 2.45. The largest absolute Gasteiger partial charge is 0.383 e. The number of aromatic nitrogens is 2. The lowest BCUT2D eigenvalue weighted by Gasteiger charge is -2.03. The zero-order valence-electron chi connectivity index (χ0n) is 10.2. The minimum atomic E-state index is -0.398. The van der Waals surface area contributed by atoms with Crippen LogP contribution in [0.25, 0.3) is 11.4 Å². The minimum absolute atomic E-state index is 0.346. The van der Waals surface area contributed by atoms with E-state index in [4.69, 9.17) is 15.0 Å². The maximum Gasteiger partial charge on any atom is 0.246 e. The van der Waals surface area contributed by atoms with Gasteiger partial charge >= 0.3 is 0 Å². The summed E-state index contributed by atoms with van der Waals surface area (Å²) in [5.74, 6) is 0.904. The molecule has 1 aromatic carbocycles. The number of methoxy groups -OCH3 is 1. The van der Waals surface area contributed by atoms with Crippen LogP contribution in [0.2, 0.25) is 0 Å². The van der Waals surface area contributed by atoms with E-state index in [1.807, 2.05) is 25.1 Å². The molecule has 0 spiro atoms. The van der Waals surface area contributed by atoms with E-state index >= 15 is 0 Å². The molecule has 18 heavy (non-hydrogen) atoms. The second-order valence-corrected chi connectivity index (χ2v) is 4.84. The molecule has 0 aliphatic rings. The molecule has 0 aliphatic carbocycles. The SMILES string of the molecule is COCC(N)c1nc(-c2ccc(C)c(Br)c2)no1. The summed E-state index contributed by atoms with van der Waals surface area (Å²) in [6.07, 6.45) is 0. The molecule has 0 amide bonds. The first-order chi connectivity index (χ1) is 8.61. The van der Waals surface area contributed by atoms with Crippen LogP contribution in [-0.4, -0.2) is 23.9 Å². The first-order valence-corrected chi connectivity index (χ1v) is 6.25. The second-order valence-electron chi connectivity index (χ2n) is 3.98. The van der Waals surface area contributed by atoms with Gasteiger partial charge < -0.3 is 15.0 Å². The van der Waals surface area contributed by atoms with Crippen molar-refractivity contribution in [3.05, 3.63) is 34.1 Å². The third kappa shape index (κ3) is 2.77. The van der Waals surface area contributed by atoms with Gasteiger partial charge in [-0.3, -0.25) is 0 Å². The van der Waals surface area contributed by atoms with E-state index in [1.165, 1.54) is 0 Å². The molecule has 5 nitrogen and oxygen atoms in total. The van der Waals surface area contributed by atoms with Crippen LogP contribution in [0.1, 0.15) is 17.5 Å². The van der Waals surface area contributed by atoms with Gasteiger partial charge in [0.1, 0.15) is 6.04 Å². The lowest BCUT2D eigenvalue weighted by Crippen LogP contribution is -2.16. The van der Waals surface area contributed by atoms with Crippen molar-refractivity contribution in [2.45, 2.75) is 13.0 Å². The number of halogens is 1. The van der Waals surface area contributed by atoms with Crippen molar-refractivity contribution in [2.75, 3.05) is 13.7 Å². The maximum absolute atomic E-state index is 5.82. The molecule has 1 aromatic heterocycles. The molecule has 2 aromatic rings. The van der Waals surface area contributed by atoms with Crippen molar-refractivity contribution >= 4 is 15.9 Å². The highest BCUT2D eigenvalue weighted by Gasteiger charge is 2.15. The Hall–Kier alpha value is -1.24. The van der Waals surface area contributed by atoms with Gasteiger partial charge in [-0.15, -0.1) is 0 Å². The van der Waals surface area contributed by atoms with Crippen LogP contribution in [0, 0.1) is 6.92 Å². The molecule has 96 valence electrons. The van der Waals surface area contributed by atoms with E-state index in [1.54, 1.807) is 7.11 Å². The number of nitrogens with zero attached hydrogens (tertiary/aromatic N) is 2. The van der Waals surface area contributed by atoms with Crippen molar-refractivity contribution in [2.24, 2.45) is 5.73 Å². The first-order valence-electron chi connectivity index (χ1n) is 5.46. The molecular formula is C12H14BrN3O2. The number of benzene rings is 1. The average Bonchev–Trinajstić information content (AvgIpc) is 2.82. The lowest BCUT2D eigenvalue weighted by molar-refractivity contribution is 0.166. The van der Waals surface area contributed by atoms with Gasteiger partial charge in [-0.05, 0) is 18.6 Å². The highest BCUT2D eigenvalue weighted by molar-refractivity contribution is 9.10. The first kappa shape index (κ1) is 13.2. The number of rotatable bonds is 4. The minimum Gasteiger partial charge on any atom is -0.383 e. The molecule has 0 bridgehead atoms. The highest BCUT2D eigenvalue weighted by Crippen LogP contribution is 2.24. The van der Waals surface area contributed by atoms with Crippen LogP contribution < -0.4 is 5.73 Å². The molecule has 0 radical (unpaired) electrons. The van der Waals surface area contributed by atoms with Gasteiger partial charge in [0, 0.05) is 17.1 Å². The summed E-state index contributed by atoms with van der Waals surface area (Å²) in [5, 5.41) is 3.92. The fourth-order valence-electron chi connectivity index (χ4n) is 1.49. The third-order valence-corrected chi connectivity index (χ3v) is 3.39. The zero-order chi connectivity index (χ0) is 13.1. The molecule has 0 saturated heterocycles. The normalized spacial score (nSPS) is 12.7. The summed E-state index contributed by atoms with van der Waals surface area (Å²) < 4.78 is 11.1. The van der Waals surface area contributed by atoms with E-state index < -0.39 is 6.04 Å². The fourth-order valence-corrected chi connectivity index (χ4v) is 1.86. The molecule has 0 fully saturated rings. The number of nitrogens with two attached hydrogens (primary N) is 1. The quantitative estimate of drug-likeness (QED) is 0.938. The van der Waals surface area contributed by atoms with E-state index in [-0.39, 0.29) is 0 Å². The van der Waals surface area contributed by atoms with E-state index in [9.17, 15) is 0 Å². The van der Waals surface area contributed by atoms with Gasteiger partial charge in [0.15, 0.2) is 0 Å². The number of hydrogen-bond donors (Lipinski definition) is 1. The molecule has 0 saturated carbocycles. The average molecular weight is 312 g/mol. The van der Waals surface area contributed by atoms with Crippen LogP contribution in [0.15, 0.2) is 27.2 Å². The van der Waals surface area contributed by atoms with Crippen molar-refractivity contribution in [1.29, 1.82) is 0 Å². The van der Waals surface area contributed by atoms with Gasteiger partial charge in [0.2, 0.25) is 11.7 Å². The predicted molar refractivity (Wildman–Crippen MR) is 71.0 cm³/mol. The number of ether oxygens (including phenoxy) is 1. The third-order valence-electron chi connectivity index (χ3n) is 2.54. The summed E-state index contributed by atoms with van der Waals surface area (Å²) in [6, 6.07) is 5.48. The molecule has 1 heterocycles. The van der Waals surface area contributed by atoms with Crippen LogP contribution >= 0.6 is 15.9 Å². The molecule has 1 unspecified atom stereocenters. The van der Waals surface area contributed by atoms with Crippen molar-refractivity contribution < 1.29 is 9.26 Å². The summed E-state index contributed by atoms with van der Waals surface area (Å²) in [6.45, 7) is 2.36. The van der Waals surface area contributed by atoms with Crippen LogP contribution in [0.3, 0.4) is 0 Å². The van der Waals surface area contributed by atoms with Gasteiger partial charge in [0.05, 0.1) is 6.61 Å². The Morgan fingerprint density at radius 1 is 1.50 bits per heavy atom. The molecular weight excluding hydrogens is 298 g/mol. The summed E-state index contributed by atoms with van der Waals surface area (Å²) in [7, 11) is 1.58. The topological polar surface area (TPSA) is 74.2 Å². The standard InChI is InChI=1S/C12H14BrN3O2/c1-7-3-4-8(5-9(7)13)11-15-12(18-16-11)10(14)6-17-2/h3-5,10H,6,14H2,1-2H3.